The first-order valence-corrected chi connectivity index (χ1v) is 6.68. The molecule has 0 fully saturated rings. The Morgan fingerprint density at radius 2 is 1.41 bits per heavy atom. The zero-order valence-electron chi connectivity index (χ0n) is 12.6. The van der Waals surface area contributed by atoms with Crippen molar-refractivity contribution in [3.8, 4) is 11.8 Å². The highest BCUT2D eigenvalue weighted by atomic mass is 19.4. The molecule has 0 heterocycles. The van der Waals surface area contributed by atoms with Gasteiger partial charge in [0.1, 0.15) is 0 Å². The SMILES string of the molecule is C[C@@H](CC#CC(O)(C(F)(F)F)C(F)(F)F)CCCC(C)(C)O. The number of alkyl halides is 6. The fourth-order valence-electron chi connectivity index (χ4n) is 1.64. The number of rotatable bonds is 5. The van der Waals surface area contributed by atoms with Crippen molar-refractivity contribution in [2.75, 3.05) is 0 Å². The van der Waals surface area contributed by atoms with Crippen LogP contribution in [0.25, 0.3) is 0 Å². The van der Waals surface area contributed by atoms with Crippen LogP contribution in [0, 0.1) is 17.8 Å². The van der Waals surface area contributed by atoms with Gasteiger partial charge < -0.3 is 10.2 Å². The highest BCUT2D eigenvalue weighted by molar-refractivity contribution is 5.20. The van der Waals surface area contributed by atoms with E-state index in [4.69, 9.17) is 5.11 Å². The van der Waals surface area contributed by atoms with Gasteiger partial charge in [0.25, 0.3) is 0 Å². The second-order valence-corrected chi connectivity index (χ2v) is 6.02. The van der Waals surface area contributed by atoms with Gasteiger partial charge in [-0.15, -0.1) is 0 Å². The predicted molar refractivity (Wildman–Crippen MR) is 68.8 cm³/mol. The third-order valence-electron chi connectivity index (χ3n) is 3.03. The van der Waals surface area contributed by atoms with E-state index in [1.165, 1.54) is 0 Å². The molecule has 0 rings (SSSR count). The second kappa shape index (κ2) is 7.09. The molecule has 0 aromatic rings. The molecule has 1 atom stereocenters. The topological polar surface area (TPSA) is 40.5 Å². The third kappa shape index (κ3) is 6.44. The van der Waals surface area contributed by atoms with E-state index in [0.717, 1.165) is 5.92 Å². The van der Waals surface area contributed by atoms with Crippen LogP contribution in [0.15, 0.2) is 0 Å². The van der Waals surface area contributed by atoms with Crippen LogP contribution in [0.3, 0.4) is 0 Å². The van der Waals surface area contributed by atoms with E-state index in [0.29, 0.717) is 19.3 Å². The van der Waals surface area contributed by atoms with Crippen molar-refractivity contribution >= 4 is 0 Å². The molecule has 8 heteroatoms. The van der Waals surface area contributed by atoms with E-state index in [9.17, 15) is 31.4 Å². The molecule has 0 aliphatic heterocycles. The summed E-state index contributed by atoms with van der Waals surface area (Å²) < 4.78 is 74.1. The summed E-state index contributed by atoms with van der Waals surface area (Å²) in [5.74, 6) is 2.45. The Balaban J connectivity index is 4.72. The van der Waals surface area contributed by atoms with E-state index < -0.39 is 23.6 Å². The highest BCUT2D eigenvalue weighted by Crippen LogP contribution is 2.42. The number of halogens is 6. The van der Waals surface area contributed by atoms with Gasteiger partial charge in [-0.3, -0.25) is 0 Å². The summed E-state index contributed by atoms with van der Waals surface area (Å²) in [6, 6.07) is 0. The molecular formula is C14H20F6O2. The highest BCUT2D eigenvalue weighted by Gasteiger charge is 2.70. The Hall–Kier alpha value is -0.940. The predicted octanol–water partition coefficient (Wildman–Crippen LogP) is 3.81. The lowest BCUT2D eigenvalue weighted by atomic mass is 9.95. The summed E-state index contributed by atoms with van der Waals surface area (Å²) in [6.07, 6.45) is -10.5. The molecule has 0 aliphatic carbocycles. The van der Waals surface area contributed by atoms with Gasteiger partial charge in [0.2, 0.25) is 0 Å². The zero-order valence-corrected chi connectivity index (χ0v) is 12.6. The van der Waals surface area contributed by atoms with E-state index in [1.54, 1.807) is 26.7 Å². The van der Waals surface area contributed by atoms with Crippen LogP contribution in [0.4, 0.5) is 26.3 Å². The first kappa shape index (κ1) is 21.1. The van der Waals surface area contributed by atoms with Crippen LogP contribution in [-0.2, 0) is 0 Å². The van der Waals surface area contributed by atoms with Crippen molar-refractivity contribution in [2.45, 2.75) is 70.0 Å². The molecule has 2 N–H and O–H groups in total. The smallest absolute Gasteiger partial charge is 0.390 e. The van der Waals surface area contributed by atoms with Gasteiger partial charge >= 0.3 is 18.0 Å². The minimum absolute atomic E-state index is 0.208. The normalized spacial score (nSPS) is 15.2. The lowest BCUT2D eigenvalue weighted by Gasteiger charge is -2.27. The molecular weight excluding hydrogens is 314 g/mol. The lowest BCUT2D eigenvalue weighted by molar-refractivity contribution is -0.343. The van der Waals surface area contributed by atoms with E-state index in [1.807, 2.05) is 0 Å². The molecule has 0 radical (unpaired) electrons. The van der Waals surface area contributed by atoms with Crippen molar-refractivity contribution in [2.24, 2.45) is 5.92 Å². The van der Waals surface area contributed by atoms with Gasteiger partial charge in [-0.2, -0.15) is 26.3 Å². The quantitative estimate of drug-likeness (QED) is 0.593. The van der Waals surface area contributed by atoms with Crippen molar-refractivity contribution < 1.29 is 36.6 Å². The molecule has 0 bridgehead atoms. The molecule has 0 aliphatic rings. The maximum Gasteiger partial charge on any atom is 0.438 e. The average molecular weight is 334 g/mol. The van der Waals surface area contributed by atoms with Crippen LogP contribution < -0.4 is 0 Å². The third-order valence-corrected chi connectivity index (χ3v) is 3.03. The van der Waals surface area contributed by atoms with Crippen LogP contribution in [-0.4, -0.2) is 33.8 Å². The number of hydrogen-bond acceptors (Lipinski definition) is 2. The molecule has 22 heavy (non-hydrogen) atoms. The van der Waals surface area contributed by atoms with Gasteiger partial charge in [0.05, 0.1) is 5.60 Å². The number of aliphatic hydroxyl groups is 2. The zero-order chi connectivity index (χ0) is 17.8. The van der Waals surface area contributed by atoms with Crippen LogP contribution >= 0.6 is 0 Å². The van der Waals surface area contributed by atoms with Crippen molar-refractivity contribution in [3.05, 3.63) is 0 Å². The lowest BCUT2D eigenvalue weighted by Crippen LogP contribution is -2.55. The molecule has 0 spiro atoms. The fourth-order valence-corrected chi connectivity index (χ4v) is 1.64. The summed E-state index contributed by atoms with van der Waals surface area (Å²) in [6.45, 7) is 4.83. The van der Waals surface area contributed by atoms with Crippen LogP contribution in [0.2, 0.25) is 0 Å². The Kier molecular flexibility index (Phi) is 6.79. The van der Waals surface area contributed by atoms with Gasteiger partial charge in [0.15, 0.2) is 0 Å². The Morgan fingerprint density at radius 3 is 1.77 bits per heavy atom. The molecule has 0 amide bonds. The second-order valence-electron chi connectivity index (χ2n) is 6.02. The minimum atomic E-state index is -5.91. The Bertz CT molecular complexity index is 394. The first-order valence-electron chi connectivity index (χ1n) is 6.68. The van der Waals surface area contributed by atoms with Gasteiger partial charge in [-0.05, 0) is 38.5 Å². The molecule has 0 saturated heterocycles. The molecule has 0 aromatic heterocycles. The monoisotopic (exact) mass is 334 g/mol. The maximum atomic E-state index is 12.4. The Morgan fingerprint density at radius 1 is 0.955 bits per heavy atom. The minimum Gasteiger partial charge on any atom is -0.390 e. The van der Waals surface area contributed by atoms with Crippen molar-refractivity contribution in [3.63, 3.8) is 0 Å². The maximum absolute atomic E-state index is 12.4. The van der Waals surface area contributed by atoms with E-state index in [2.05, 4.69) is 0 Å². The number of hydrogen-bond donors (Lipinski definition) is 2. The van der Waals surface area contributed by atoms with Gasteiger partial charge in [-0.25, -0.2) is 0 Å². The first-order chi connectivity index (χ1) is 9.60. The molecule has 2 nitrogen and oxygen atoms in total. The Labute approximate surface area is 125 Å². The fraction of sp³-hybridized carbons (Fsp3) is 0.857. The van der Waals surface area contributed by atoms with Crippen LogP contribution in [0.1, 0.15) is 46.5 Å². The van der Waals surface area contributed by atoms with Crippen LogP contribution in [0.5, 0.6) is 0 Å². The molecule has 0 aromatic carbocycles. The molecule has 0 unspecified atom stereocenters. The van der Waals surface area contributed by atoms with Gasteiger partial charge in [0, 0.05) is 6.42 Å². The summed E-state index contributed by atoms with van der Waals surface area (Å²) in [5.41, 5.74) is -5.88. The summed E-state index contributed by atoms with van der Waals surface area (Å²) in [4.78, 5) is 0. The van der Waals surface area contributed by atoms with E-state index in [-0.39, 0.29) is 12.3 Å². The van der Waals surface area contributed by atoms with Crippen molar-refractivity contribution in [1.82, 2.24) is 0 Å². The van der Waals surface area contributed by atoms with E-state index >= 15 is 0 Å². The summed E-state index contributed by atoms with van der Waals surface area (Å²) in [5, 5.41) is 18.3. The van der Waals surface area contributed by atoms with Gasteiger partial charge in [-0.1, -0.05) is 19.3 Å². The summed E-state index contributed by atoms with van der Waals surface area (Å²) >= 11 is 0. The van der Waals surface area contributed by atoms with Crippen molar-refractivity contribution in [1.29, 1.82) is 0 Å². The molecule has 130 valence electrons. The average Bonchev–Trinajstić information content (AvgIpc) is 2.23. The molecule has 0 saturated carbocycles. The standard InChI is InChI=1S/C14H20F6O2/c1-10(6-4-8-11(2,3)21)7-5-9-12(22,13(15,16)17)14(18,19)20/h10,21-22H,4,6-8H2,1-3H3/t10-/m1/s1. The summed E-state index contributed by atoms with van der Waals surface area (Å²) in [7, 11) is 0. The largest absolute Gasteiger partial charge is 0.438 e.